The van der Waals surface area contributed by atoms with E-state index in [1.807, 2.05) is 31.2 Å². The number of nitrogens with zero attached hydrogens (tertiary/aromatic N) is 2. The van der Waals surface area contributed by atoms with E-state index in [0.29, 0.717) is 5.56 Å². The molecule has 0 N–H and O–H groups in total. The average Bonchev–Trinajstić information content (AvgIpc) is 2.67. The molecule has 0 aliphatic heterocycles. The van der Waals surface area contributed by atoms with Crippen LogP contribution in [0.15, 0.2) is 54.6 Å². The summed E-state index contributed by atoms with van der Waals surface area (Å²) in [5, 5.41) is 10.8. The summed E-state index contributed by atoms with van der Waals surface area (Å²) in [6, 6.07) is 13.5. The number of carbonyl (C=O) groups is 2. The van der Waals surface area contributed by atoms with Gasteiger partial charge in [-0.3, -0.25) is 19.7 Å². The van der Waals surface area contributed by atoms with Crippen molar-refractivity contribution in [2.24, 2.45) is 0 Å². The Bertz CT molecular complexity index is 876. The lowest BCUT2D eigenvalue weighted by molar-refractivity contribution is -0.384. The Balaban J connectivity index is 2.20. The van der Waals surface area contributed by atoms with Gasteiger partial charge in [0.2, 0.25) is 5.91 Å². The number of benzene rings is 2. The highest BCUT2D eigenvalue weighted by molar-refractivity contribution is 5.93. The first-order valence-corrected chi connectivity index (χ1v) is 8.23. The van der Waals surface area contributed by atoms with E-state index in [9.17, 15) is 19.7 Å². The Hall–Kier alpha value is -3.48. The van der Waals surface area contributed by atoms with Crippen LogP contribution >= 0.6 is 0 Å². The van der Waals surface area contributed by atoms with E-state index in [4.69, 9.17) is 0 Å². The smallest absolute Gasteiger partial charge is 0.325 e. The molecule has 0 aromatic heterocycles. The quantitative estimate of drug-likeness (QED) is 0.324. The standard InChI is InChI=1S/C20H20N2O5/c1-15-6-3-4-8-17(15)13-21(14-20(24)27-2)19(23)11-10-16-7-5-9-18(12-16)22(25)26/h3-12H,13-14H2,1-2H3/b11-10+. The Labute approximate surface area is 157 Å². The van der Waals surface area contributed by atoms with Crippen molar-refractivity contribution in [1.29, 1.82) is 0 Å². The normalized spacial score (nSPS) is 10.6. The second-order valence-electron chi connectivity index (χ2n) is 5.88. The van der Waals surface area contributed by atoms with Crippen LogP contribution in [0.3, 0.4) is 0 Å². The third kappa shape index (κ3) is 5.78. The van der Waals surface area contributed by atoms with Gasteiger partial charge in [-0.15, -0.1) is 0 Å². The van der Waals surface area contributed by atoms with Gasteiger partial charge in [-0.2, -0.15) is 0 Å². The van der Waals surface area contributed by atoms with Crippen LogP contribution in [0, 0.1) is 17.0 Å². The molecule has 7 heteroatoms. The van der Waals surface area contributed by atoms with E-state index in [1.165, 1.54) is 36.3 Å². The van der Waals surface area contributed by atoms with Gasteiger partial charge in [0.1, 0.15) is 6.54 Å². The summed E-state index contributed by atoms with van der Waals surface area (Å²) in [5.41, 5.74) is 2.38. The molecule has 1 amide bonds. The molecular formula is C20H20N2O5. The fraction of sp³-hybridized carbons (Fsp3) is 0.200. The molecule has 0 heterocycles. The van der Waals surface area contributed by atoms with Crippen molar-refractivity contribution in [2.45, 2.75) is 13.5 Å². The summed E-state index contributed by atoms with van der Waals surface area (Å²) in [4.78, 5) is 36.0. The van der Waals surface area contributed by atoms with Crippen molar-refractivity contribution in [3.63, 3.8) is 0 Å². The predicted molar refractivity (Wildman–Crippen MR) is 101 cm³/mol. The fourth-order valence-corrected chi connectivity index (χ4v) is 2.44. The second kappa shape index (κ2) is 9.28. The predicted octanol–water partition coefficient (Wildman–Crippen LogP) is 3.12. The molecular weight excluding hydrogens is 348 g/mol. The van der Waals surface area contributed by atoms with Gasteiger partial charge < -0.3 is 9.64 Å². The lowest BCUT2D eigenvalue weighted by Crippen LogP contribution is -2.34. The van der Waals surface area contributed by atoms with Crippen LogP contribution in [-0.4, -0.2) is 35.4 Å². The van der Waals surface area contributed by atoms with Crippen molar-refractivity contribution in [3.05, 3.63) is 81.4 Å². The first-order chi connectivity index (χ1) is 12.9. The summed E-state index contributed by atoms with van der Waals surface area (Å²) in [6.45, 7) is 1.98. The molecule has 2 rings (SSSR count). The number of aryl methyl sites for hydroxylation is 1. The van der Waals surface area contributed by atoms with E-state index in [2.05, 4.69) is 4.74 Å². The van der Waals surface area contributed by atoms with Crippen LogP contribution in [0.25, 0.3) is 6.08 Å². The van der Waals surface area contributed by atoms with E-state index in [0.717, 1.165) is 11.1 Å². The van der Waals surface area contributed by atoms with Crippen LogP contribution in [0.2, 0.25) is 0 Å². The molecule has 2 aromatic rings. The number of esters is 1. The highest BCUT2D eigenvalue weighted by Gasteiger charge is 2.17. The van der Waals surface area contributed by atoms with E-state index in [1.54, 1.807) is 12.1 Å². The maximum atomic E-state index is 12.6. The van der Waals surface area contributed by atoms with Gasteiger partial charge in [0, 0.05) is 24.8 Å². The largest absolute Gasteiger partial charge is 0.468 e. The molecule has 0 fully saturated rings. The van der Waals surface area contributed by atoms with Crippen molar-refractivity contribution in [3.8, 4) is 0 Å². The van der Waals surface area contributed by atoms with Crippen LogP contribution in [-0.2, 0) is 20.9 Å². The van der Waals surface area contributed by atoms with Gasteiger partial charge >= 0.3 is 5.97 Å². The van der Waals surface area contributed by atoms with Crippen LogP contribution in [0.4, 0.5) is 5.69 Å². The number of nitro groups is 1. The average molecular weight is 368 g/mol. The molecule has 0 saturated carbocycles. The highest BCUT2D eigenvalue weighted by atomic mass is 16.6. The van der Waals surface area contributed by atoms with Crippen LogP contribution in [0.5, 0.6) is 0 Å². The van der Waals surface area contributed by atoms with Gasteiger partial charge in [0.25, 0.3) is 5.69 Å². The first-order valence-electron chi connectivity index (χ1n) is 8.23. The monoisotopic (exact) mass is 368 g/mol. The molecule has 2 aromatic carbocycles. The number of carbonyl (C=O) groups excluding carboxylic acids is 2. The third-order valence-electron chi connectivity index (χ3n) is 3.98. The molecule has 0 saturated heterocycles. The molecule has 0 unspecified atom stereocenters. The summed E-state index contributed by atoms with van der Waals surface area (Å²) < 4.78 is 4.67. The summed E-state index contributed by atoms with van der Waals surface area (Å²) in [5.74, 6) is -0.921. The van der Waals surface area contributed by atoms with E-state index in [-0.39, 0.29) is 18.8 Å². The minimum absolute atomic E-state index is 0.0593. The number of hydrogen-bond acceptors (Lipinski definition) is 5. The van der Waals surface area contributed by atoms with Gasteiger partial charge in [-0.1, -0.05) is 36.4 Å². The minimum atomic E-state index is -0.527. The number of nitro benzene ring substituents is 1. The number of non-ortho nitro benzene ring substituents is 1. The Morgan fingerprint density at radius 1 is 1.19 bits per heavy atom. The van der Waals surface area contributed by atoms with Crippen molar-refractivity contribution >= 4 is 23.6 Å². The topological polar surface area (TPSA) is 89.8 Å². The van der Waals surface area contributed by atoms with Crippen LogP contribution < -0.4 is 0 Å². The summed E-state index contributed by atoms with van der Waals surface area (Å²) >= 11 is 0. The van der Waals surface area contributed by atoms with Crippen LogP contribution in [0.1, 0.15) is 16.7 Å². The zero-order valence-electron chi connectivity index (χ0n) is 15.1. The molecule has 7 nitrogen and oxygen atoms in total. The van der Waals surface area contributed by atoms with Crippen molar-refractivity contribution < 1.29 is 19.2 Å². The zero-order valence-corrected chi connectivity index (χ0v) is 15.1. The molecule has 27 heavy (non-hydrogen) atoms. The lowest BCUT2D eigenvalue weighted by Gasteiger charge is -2.21. The minimum Gasteiger partial charge on any atom is -0.468 e. The number of hydrogen-bond donors (Lipinski definition) is 0. The number of methoxy groups -OCH3 is 1. The molecule has 0 radical (unpaired) electrons. The van der Waals surface area contributed by atoms with Gasteiger partial charge in [-0.05, 0) is 29.7 Å². The SMILES string of the molecule is COC(=O)CN(Cc1ccccc1C)C(=O)/C=C/c1cccc([N+](=O)[O-])c1. The molecule has 0 spiro atoms. The Kier molecular flexibility index (Phi) is 6.82. The van der Waals surface area contributed by atoms with Gasteiger partial charge in [0.05, 0.1) is 12.0 Å². The van der Waals surface area contributed by atoms with E-state index >= 15 is 0 Å². The highest BCUT2D eigenvalue weighted by Crippen LogP contribution is 2.15. The van der Waals surface area contributed by atoms with E-state index < -0.39 is 16.8 Å². The zero-order chi connectivity index (χ0) is 19.8. The first kappa shape index (κ1) is 19.8. The second-order valence-corrected chi connectivity index (χ2v) is 5.88. The number of rotatable bonds is 7. The lowest BCUT2D eigenvalue weighted by atomic mass is 10.1. The molecule has 0 bridgehead atoms. The maximum absolute atomic E-state index is 12.6. The van der Waals surface area contributed by atoms with Crippen molar-refractivity contribution in [2.75, 3.05) is 13.7 Å². The Morgan fingerprint density at radius 3 is 2.59 bits per heavy atom. The molecule has 0 atom stereocenters. The summed E-state index contributed by atoms with van der Waals surface area (Å²) in [7, 11) is 1.26. The molecule has 140 valence electrons. The Morgan fingerprint density at radius 2 is 1.93 bits per heavy atom. The number of amides is 1. The summed E-state index contributed by atoms with van der Waals surface area (Å²) in [6.07, 6.45) is 2.78. The molecule has 0 aliphatic carbocycles. The number of ether oxygens (including phenoxy) is 1. The van der Waals surface area contributed by atoms with Gasteiger partial charge in [0.15, 0.2) is 0 Å². The molecule has 0 aliphatic rings. The van der Waals surface area contributed by atoms with Crippen molar-refractivity contribution in [1.82, 2.24) is 4.90 Å². The maximum Gasteiger partial charge on any atom is 0.325 e. The third-order valence-corrected chi connectivity index (χ3v) is 3.98. The fourth-order valence-electron chi connectivity index (χ4n) is 2.44. The van der Waals surface area contributed by atoms with Gasteiger partial charge in [-0.25, -0.2) is 0 Å².